The van der Waals surface area contributed by atoms with E-state index in [1.54, 1.807) is 12.1 Å². The van der Waals surface area contributed by atoms with Crippen LogP contribution in [0, 0.1) is 0 Å². The lowest BCUT2D eigenvalue weighted by Crippen LogP contribution is -1.93. The molecule has 2 heterocycles. The number of H-pyrrole nitrogens is 2. The number of hydrogen-bond donors (Lipinski definition) is 3. The van der Waals surface area contributed by atoms with Crippen LogP contribution >= 0.6 is 39.1 Å². The standard InChI is InChI=1S/C13H7BrCl2N6/c14-5-4-8-11(12-10(5)20-22-21-12)19-13(18-8)17-7-3-1-2-6(15)9(7)16/h1-4,21-22H,(H,17,19). The molecule has 3 N–H and O–H groups in total. The number of aromatic amines is 2. The van der Waals surface area contributed by atoms with Crippen molar-refractivity contribution >= 4 is 72.8 Å². The molecule has 0 aliphatic carbocycles. The predicted octanol–water partition coefficient (Wildman–Crippen LogP) is 4.65. The first-order chi connectivity index (χ1) is 10.6. The van der Waals surface area contributed by atoms with Gasteiger partial charge >= 0.3 is 0 Å². The molecule has 22 heavy (non-hydrogen) atoms. The molecule has 4 aromatic rings. The monoisotopic (exact) mass is 396 g/mol. The van der Waals surface area contributed by atoms with Crippen LogP contribution < -0.4 is 5.32 Å². The van der Waals surface area contributed by atoms with Crippen LogP contribution in [0.4, 0.5) is 11.6 Å². The first-order valence-corrected chi connectivity index (χ1v) is 7.78. The molecule has 0 spiro atoms. The Kier molecular flexibility index (Phi) is 3.21. The molecule has 0 atom stereocenters. The fourth-order valence-corrected chi connectivity index (χ4v) is 3.06. The summed E-state index contributed by atoms with van der Waals surface area (Å²) in [5.74, 6) is 0.438. The number of aromatic nitrogens is 5. The summed E-state index contributed by atoms with van der Waals surface area (Å²) in [6.07, 6.45) is 0. The summed E-state index contributed by atoms with van der Waals surface area (Å²) in [5, 5.41) is 13.8. The Morgan fingerprint density at radius 2 is 2.00 bits per heavy atom. The molecule has 0 saturated carbocycles. The molecule has 0 saturated heterocycles. The van der Waals surface area contributed by atoms with Crippen molar-refractivity contribution in [3.8, 4) is 0 Å². The van der Waals surface area contributed by atoms with Crippen molar-refractivity contribution in [1.82, 2.24) is 25.4 Å². The van der Waals surface area contributed by atoms with Gasteiger partial charge in [-0.15, -0.1) is 0 Å². The molecule has 9 heteroatoms. The fraction of sp³-hybridized carbons (Fsp3) is 0. The second kappa shape index (κ2) is 5.12. The van der Waals surface area contributed by atoms with Crippen molar-refractivity contribution in [2.75, 3.05) is 5.32 Å². The molecule has 2 aromatic heterocycles. The Labute approximate surface area is 142 Å². The van der Waals surface area contributed by atoms with E-state index in [2.05, 4.69) is 46.6 Å². The van der Waals surface area contributed by atoms with Gasteiger partial charge in [-0.3, -0.25) is 5.10 Å². The summed E-state index contributed by atoms with van der Waals surface area (Å²) in [5.41, 5.74) is 3.64. The summed E-state index contributed by atoms with van der Waals surface area (Å²) < 4.78 is 0.833. The van der Waals surface area contributed by atoms with Gasteiger partial charge < -0.3 is 5.32 Å². The molecule has 0 fully saturated rings. The average molecular weight is 398 g/mol. The van der Waals surface area contributed by atoms with Gasteiger partial charge in [0.1, 0.15) is 16.6 Å². The Bertz CT molecular complexity index is 1010. The summed E-state index contributed by atoms with van der Waals surface area (Å²) in [4.78, 5) is 8.94. The van der Waals surface area contributed by atoms with Crippen LogP contribution in [0.1, 0.15) is 0 Å². The lowest BCUT2D eigenvalue weighted by atomic mass is 10.3. The van der Waals surface area contributed by atoms with Crippen molar-refractivity contribution < 1.29 is 0 Å². The van der Waals surface area contributed by atoms with Gasteiger partial charge in [0.2, 0.25) is 5.95 Å². The molecule has 2 aromatic carbocycles. The molecule has 6 nitrogen and oxygen atoms in total. The van der Waals surface area contributed by atoms with Crippen LogP contribution in [0.15, 0.2) is 28.7 Å². The number of nitrogens with zero attached hydrogens (tertiary/aromatic N) is 3. The molecule has 0 aliphatic heterocycles. The summed E-state index contributed by atoms with van der Waals surface area (Å²) in [6, 6.07) is 7.20. The van der Waals surface area contributed by atoms with Crippen molar-refractivity contribution in [3.63, 3.8) is 0 Å². The van der Waals surface area contributed by atoms with Gasteiger partial charge in [-0.1, -0.05) is 29.3 Å². The van der Waals surface area contributed by atoms with E-state index < -0.39 is 0 Å². The maximum atomic E-state index is 6.17. The van der Waals surface area contributed by atoms with Crippen LogP contribution in [0.2, 0.25) is 10.0 Å². The average Bonchev–Trinajstić information content (AvgIpc) is 3.10. The van der Waals surface area contributed by atoms with Gasteiger partial charge in [0.15, 0.2) is 0 Å². The van der Waals surface area contributed by atoms with Crippen molar-refractivity contribution in [3.05, 3.63) is 38.8 Å². The minimum absolute atomic E-state index is 0.430. The van der Waals surface area contributed by atoms with E-state index in [9.17, 15) is 0 Å². The molecule has 0 radical (unpaired) electrons. The lowest BCUT2D eigenvalue weighted by Gasteiger charge is -2.05. The molecule has 0 amide bonds. The topological polar surface area (TPSA) is 82.3 Å². The summed E-state index contributed by atoms with van der Waals surface area (Å²) in [7, 11) is 0. The number of imidazole rings is 1. The van der Waals surface area contributed by atoms with Gasteiger partial charge in [0, 0.05) is 4.47 Å². The zero-order chi connectivity index (χ0) is 15.3. The third-order valence-corrected chi connectivity index (χ3v) is 4.62. The van der Waals surface area contributed by atoms with Crippen molar-refractivity contribution in [2.45, 2.75) is 0 Å². The Balaban J connectivity index is 1.84. The highest BCUT2D eigenvalue weighted by Crippen LogP contribution is 2.33. The second-order valence-electron chi connectivity index (χ2n) is 4.57. The van der Waals surface area contributed by atoms with E-state index in [4.69, 9.17) is 23.2 Å². The Morgan fingerprint density at radius 1 is 1.14 bits per heavy atom. The highest BCUT2D eigenvalue weighted by molar-refractivity contribution is 9.10. The maximum absolute atomic E-state index is 6.17. The highest BCUT2D eigenvalue weighted by atomic mass is 79.9. The molecule has 110 valence electrons. The van der Waals surface area contributed by atoms with Gasteiger partial charge in [0.25, 0.3) is 0 Å². The number of halogens is 3. The van der Waals surface area contributed by atoms with Crippen LogP contribution in [-0.2, 0) is 0 Å². The van der Waals surface area contributed by atoms with Crippen LogP contribution in [-0.4, -0.2) is 25.4 Å². The van der Waals surface area contributed by atoms with Crippen LogP contribution in [0.5, 0.6) is 0 Å². The van der Waals surface area contributed by atoms with E-state index in [1.807, 2.05) is 12.1 Å². The summed E-state index contributed by atoms with van der Waals surface area (Å²) >= 11 is 15.6. The summed E-state index contributed by atoms with van der Waals surface area (Å²) in [6.45, 7) is 0. The Hall–Kier alpha value is -1.83. The number of anilines is 2. The SMILES string of the molecule is Clc1cccc(Nc2nc3cc(Br)c4n[nH][nH]c4c3n2)c1Cl. The number of nitrogens with one attached hydrogen (secondary N) is 3. The third-order valence-electron chi connectivity index (χ3n) is 3.20. The molecule has 0 unspecified atom stereocenters. The highest BCUT2D eigenvalue weighted by Gasteiger charge is 2.14. The number of hydrogen-bond acceptors (Lipinski definition) is 4. The van der Waals surface area contributed by atoms with Gasteiger partial charge in [-0.2, -0.15) is 5.10 Å². The molecular weight excluding hydrogens is 391 g/mol. The normalized spacial score (nSPS) is 11.4. The van der Waals surface area contributed by atoms with Crippen LogP contribution in [0.25, 0.3) is 22.1 Å². The molecule has 0 bridgehead atoms. The van der Waals surface area contributed by atoms with Crippen molar-refractivity contribution in [1.29, 1.82) is 0 Å². The quantitative estimate of drug-likeness (QED) is 0.459. The van der Waals surface area contributed by atoms with Gasteiger partial charge in [-0.25, -0.2) is 15.2 Å². The number of benzene rings is 2. The van der Waals surface area contributed by atoms with Crippen molar-refractivity contribution in [2.24, 2.45) is 0 Å². The van der Waals surface area contributed by atoms with E-state index in [1.165, 1.54) is 0 Å². The molecule has 0 aliphatic rings. The minimum atomic E-state index is 0.430. The lowest BCUT2D eigenvalue weighted by molar-refractivity contribution is 0.959. The largest absolute Gasteiger partial charge is 0.323 e. The predicted molar refractivity (Wildman–Crippen MR) is 91.0 cm³/mol. The third kappa shape index (κ3) is 2.13. The first kappa shape index (κ1) is 13.8. The maximum Gasteiger partial charge on any atom is 0.228 e. The van der Waals surface area contributed by atoms with Gasteiger partial charge in [-0.05, 0) is 34.1 Å². The first-order valence-electron chi connectivity index (χ1n) is 6.23. The minimum Gasteiger partial charge on any atom is -0.323 e. The fourth-order valence-electron chi connectivity index (χ4n) is 2.20. The number of rotatable bonds is 2. The zero-order valence-corrected chi connectivity index (χ0v) is 13.9. The molecule has 4 rings (SSSR count). The molecular formula is C13H7BrCl2N6. The van der Waals surface area contributed by atoms with E-state index >= 15 is 0 Å². The number of fused-ring (bicyclic) bond motifs is 3. The van der Waals surface area contributed by atoms with Crippen LogP contribution in [0.3, 0.4) is 0 Å². The Morgan fingerprint density at radius 3 is 2.86 bits per heavy atom. The second-order valence-corrected chi connectivity index (χ2v) is 6.21. The zero-order valence-electron chi connectivity index (χ0n) is 10.8. The van der Waals surface area contributed by atoms with E-state index in [-0.39, 0.29) is 0 Å². The van der Waals surface area contributed by atoms with Gasteiger partial charge in [0.05, 0.1) is 21.2 Å². The van der Waals surface area contributed by atoms with E-state index in [0.29, 0.717) is 27.2 Å². The smallest absolute Gasteiger partial charge is 0.228 e. The van der Waals surface area contributed by atoms with E-state index in [0.717, 1.165) is 21.0 Å².